The van der Waals surface area contributed by atoms with E-state index in [1.165, 1.54) is 0 Å². The largest absolute Gasteiger partial charge is 0.439 e. The van der Waals surface area contributed by atoms with Crippen molar-refractivity contribution in [3.05, 3.63) is 0 Å². The van der Waals surface area contributed by atoms with Gasteiger partial charge in [0.05, 0.1) is 0 Å². The van der Waals surface area contributed by atoms with Gasteiger partial charge in [-0.05, 0) is 45.8 Å². The first-order chi connectivity index (χ1) is 5.10. The van der Waals surface area contributed by atoms with Crippen molar-refractivity contribution in [3.63, 3.8) is 0 Å². The van der Waals surface area contributed by atoms with E-state index in [-0.39, 0.29) is 0 Å². The van der Waals surface area contributed by atoms with E-state index in [1.54, 1.807) is 0 Å². The van der Waals surface area contributed by atoms with Gasteiger partial charge in [0.15, 0.2) is 16.6 Å². The molecule has 0 N–H and O–H groups in total. The van der Waals surface area contributed by atoms with Crippen molar-refractivity contribution in [1.82, 2.24) is 0 Å². The minimum Gasteiger partial charge on any atom is -0.439 e. The highest BCUT2D eigenvalue weighted by atomic mass is 28.4. The van der Waals surface area contributed by atoms with Crippen LogP contribution in [0.4, 0.5) is 0 Å². The highest BCUT2D eigenvalue weighted by molar-refractivity contribution is 6.80. The second kappa shape index (κ2) is 4.19. The zero-order chi connectivity index (χ0) is 9.99. The Labute approximate surface area is 80.4 Å². The summed E-state index contributed by atoms with van der Waals surface area (Å²) in [5.74, 6) is 0. The maximum Gasteiger partial charge on any atom is 0.297 e. The highest BCUT2D eigenvalue weighted by Gasteiger charge is 2.24. The molecule has 0 bridgehead atoms. The summed E-state index contributed by atoms with van der Waals surface area (Å²) in [4.78, 5) is 0. The average Bonchev–Trinajstić information content (AvgIpc) is 1.49. The van der Waals surface area contributed by atoms with E-state index >= 15 is 0 Å². The summed E-state index contributed by atoms with van der Waals surface area (Å²) in [6.07, 6.45) is 0. The quantitative estimate of drug-likeness (QED) is 0.681. The van der Waals surface area contributed by atoms with Crippen LogP contribution in [0.25, 0.3) is 0 Å². The summed E-state index contributed by atoms with van der Waals surface area (Å²) in [6, 6.07) is 0. The van der Waals surface area contributed by atoms with Crippen molar-refractivity contribution >= 4 is 25.9 Å². The topological polar surface area (TPSA) is 18.5 Å². The van der Waals surface area contributed by atoms with Crippen LogP contribution < -0.4 is 0 Å². The molecular weight excluding hydrogens is 200 g/mol. The fourth-order valence-electron chi connectivity index (χ4n) is 1.02. The lowest BCUT2D eigenvalue weighted by atomic mass is 11.8. The Balaban J connectivity index is 3.83. The molecule has 0 heterocycles. The summed E-state index contributed by atoms with van der Waals surface area (Å²) < 4.78 is 11.8. The summed E-state index contributed by atoms with van der Waals surface area (Å²) in [5, 5.41) is 0. The molecule has 0 spiro atoms. The molecule has 0 amide bonds. The van der Waals surface area contributed by atoms with Crippen LogP contribution >= 0.6 is 0 Å². The predicted octanol–water partition coefficient (Wildman–Crippen LogP) is 2.54. The monoisotopic (exact) mass is 222 g/mol. The molecule has 0 aromatic carbocycles. The molecule has 0 rings (SSSR count). The Kier molecular flexibility index (Phi) is 4.39. The molecule has 0 saturated heterocycles. The lowest BCUT2D eigenvalue weighted by Gasteiger charge is -2.28. The van der Waals surface area contributed by atoms with Gasteiger partial charge in [-0.15, -0.1) is 0 Å². The molecule has 0 atom stereocenters. The Hall–Kier alpha value is 0.571. The molecule has 0 fully saturated rings. The van der Waals surface area contributed by atoms with Crippen molar-refractivity contribution in [3.8, 4) is 0 Å². The SMILES string of the molecule is C[SiH](O[Si](C)(C)C)O[Si](C)(C)C. The third-order valence-corrected chi connectivity index (χ3v) is 9.35. The summed E-state index contributed by atoms with van der Waals surface area (Å²) in [6.45, 7) is 15.4. The Morgan fingerprint density at radius 2 is 1.00 bits per heavy atom. The van der Waals surface area contributed by atoms with E-state index < -0.39 is 25.9 Å². The molecule has 0 aromatic rings. The van der Waals surface area contributed by atoms with E-state index in [9.17, 15) is 0 Å². The molecule has 0 aliphatic rings. The molecule has 0 saturated carbocycles. The summed E-state index contributed by atoms with van der Waals surface area (Å²) >= 11 is 0. The van der Waals surface area contributed by atoms with Gasteiger partial charge in [0.2, 0.25) is 0 Å². The van der Waals surface area contributed by atoms with Gasteiger partial charge in [-0.3, -0.25) is 0 Å². The zero-order valence-electron chi connectivity index (χ0n) is 9.39. The molecule has 0 aromatic heterocycles. The average molecular weight is 223 g/mol. The lowest BCUT2D eigenvalue weighted by Crippen LogP contribution is -2.41. The number of hydrogen-bond acceptors (Lipinski definition) is 2. The highest BCUT2D eigenvalue weighted by Crippen LogP contribution is 2.10. The molecule has 74 valence electrons. The fourth-order valence-corrected chi connectivity index (χ4v) is 9.61. The van der Waals surface area contributed by atoms with Gasteiger partial charge in [0.25, 0.3) is 9.28 Å². The van der Waals surface area contributed by atoms with Crippen LogP contribution in [0.5, 0.6) is 0 Å². The van der Waals surface area contributed by atoms with Crippen LogP contribution in [0.3, 0.4) is 0 Å². The van der Waals surface area contributed by atoms with Gasteiger partial charge in [0, 0.05) is 0 Å². The van der Waals surface area contributed by atoms with Crippen LogP contribution in [0.2, 0.25) is 45.8 Å². The first kappa shape index (κ1) is 12.6. The second-order valence-electron chi connectivity index (χ2n) is 5.03. The maximum atomic E-state index is 5.90. The molecule has 0 radical (unpaired) electrons. The second-order valence-corrected chi connectivity index (χ2v) is 16.5. The van der Waals surface area contributed by atoms with Crippen molar-refractivity contribution < 1.29 is 8.23 Å². The molecule has 0 unspecified atom stereocenters. The van der Waals surface area contributed by atoms with Crippen molar-refractivity contribution in [2.45, 2.75) is 45.8 Å². The third kappa shape index (κ3) is 8.67. The predicted molar refractivity (Wildman–Crippen MR) is 61.9 cm³/mol. The minimum absolute atomic E-state index is 1.33. The molecule has 5 heteroatoms. The van der Waals surface area contributed by atoms with Crippen molar-refractivity contribution in [2.75, 3.05) is 0 Å². The Bertz CT molecular complexity index is 121. The van der Waals surface area contributed by atoms with Gasteiger partial charge in [-0.25, -0.2) is 0 Å². The Morgan fingerprint density at radius 3 is 1.17 bits per heavy atom. The van der Waals surface area contributed by atoms with E-state index in [0.717, 1.165) is 0 Å². The number of rotatable bonds is 4. The van der Waals surface area contributed by atoms with E-state index in [1.807, 2.05) is 0 Å². The number of hydrogen-bond donors (Lipinski definition) is 0. The lowest BCUT2D eigenvalue weighted by molar-refractivity contribution is 0.428. The Morgan fingerprint density at radius 1 is 0.750 bits per heavy atom. The molecule has 0 aliphatic carbocycles. The van der Waals surface area contributed by atoms with Crippen molar-refractivity contribution in [2.24, 2.45) is 0 Å². The van der Waals surface area contributed by atoms with Crippen LogP contribution in [-0.4, -0.2) is 25.9 Å². The summed E-state index contributed by atoms with van der Waals surface area (Å²) in [7, 11) is -4.05. The van der Waals surface area contributed by atoms with Crippen molar-refractivity contribution in [1.29, 1.82) is 0 Å². The minimum atomic E-state index is -1.36. The van der Waals surface area contributed by atoms with Crippen LogP contribution in [0.15, 0.2) is 0 Å². The first-order valence-corrected chi connectivity index (χ1v) is 13.4. The van der Waals surface area contributed by atoms with Crippen LogP contribution in [-0.2, 0) is 8.23 Å². The van der Waals surface area contributed by atoms with E-state index in [2.05, 4.69) is 45.8 Å². The van der Waals surface area contributed by atoms with Crippen LogP contribution in [0.1, 0.15) is 0 Å². The van der Waals surface area contributed by atoms with Crippen LogP contribution in [0, 0.1) is 0 Å². The summed E-state index contributed by atoms with van der Waals surface area (Å²) in [5.41, 5.74) is 0. The molecule has 0 aliphatic heterocycles. The van der Waals surface area contributed by atoms with E-state index in [4.69, 9.17) is 8.23 Å². The normalized spacial score (nSPS) is 14.0. The van der Waals surface area contributed by atoms with E-state index in [0.29, 0.717) is 0 Å². The maximum absolute atomic E-state index is 5.90. The van der Waals surface area contributed by atoms with Gasteiger partial charge in [-0.1, -0.05) is 0 Å². The van der Waals surface area contributed by atoms with Gasteiger partial charge >= 0.3 is 0 Å². The third-order valence-electron chi connectivity index (χ3n) is 1.04. The molecule has 2 nitrogen and oxygen atoms in total. The van der Waals surface area contributed by atoms with Gasteiger partial charge in [-0.2, -0.15) is 0 Å². The standard InChI is InChI=1S/C7H22O2Si3/c1-10(8-11(2,3)4)9-12(5,6)7/h10H,1-7H3. The van der Waals surface area contributed by atoms with Gasteiger partial charge < -0.3 is 8.23 Å². The molecular formula is C7H22O2Si3. The van der Waals surface area contributed by atoms with Gasteiger partial charge in [0.1, 0.15) is 0 Å². The fraction of sp³-hybridized carbons (Fsp3) is 1.00. The molecule has 12 heavy (non-hydrogen) atoms. The smallest absolute Gasteiger partial charge is 0.297 e. The zero-order valence-corrected chi connectivity index (χ0v) is 12.5. The first-order valence-electron chi connectivity index (χ1n) is 4.46.